The number of alkyl halides is 1. The fraction of sp³-hybridized carbons (Fsp3) is 0.265. The zero-order valence-electron chi connectivity index (χ0n) is 22.6. The highest BCUT2D eigenvalue weighted by atomic mass is 19.1. The Morgan fingerprint density at radius 2 is 1.07 bits per heavy atom. The van der Waals surface area contributed by atoms with Crippen molar-refractivity contribution in [2.75, 3.05) is 6.61 Å². The molecule has 1 aliphatic rings. The first-order chi connectivity index (χ1) is 20.2. The van der Waals surface area contributed by atoms with Gasteiger partial charge in [0.2, 0.25) is 6.36 Å². The van der Waals surface area contributed by atoms with Gasteiger partial charge in [0.25, 0.3) is 0 Å². The standard InChI is InChI=1S/C34H33FO6/c35-33-32(41-34(36)28-19-11-4-12-20-28)31(39-23-27-17-9-3-10-18-27)30(38-22-26-15-7-2-8-16-26)29(40-33)24-37-21-25-13-5-1-6-14-25/h1-20,29-33H,21-24H2/t29-,30-,31+,32+,33+/m1/s1. The van der Waals surface area contributed by atoms with Crippen molar-refractivity contribution in [1.82, 2.24) is 0 Å². The summed E-state index contributed by atoms with van der Waals surface area (Å²) in [6.45, 7) is 0.774. The average molecular weight is 557 g/mol. The third kappa shape index (κ3) is 8.08. The number of benzene rings is 4. The molecule has 4 aromatic carbocycles. The van der Waals surface area contributed by atoms with Gasteiger partial charge in [0.05, 0.1) is 32.0 Å². The Bertz CT molecular complexity index is 1320. The maximum absolute atomic E-state index is 15.7. The number of carbonyl (C=O) groups excluding carboxylic acids is 1. The van der Waals surface area contributed by atoms with Gasteiger partial charge >= 0.3 is 5.97 Å². The second-order valence-corrected chi connectivity index (χ2v) is 9.78. The van der Waals surface area contributed by atoms with Gasteiger partial charge in [-0.3, -0.25) is 0 Å². The Morgan fingerprint density at radius 3 is 1.61 bits per heavy atom. The summed E-state index contributed by atoms with van der Waals surface area (Å²) in [5.41, 5.74) is 3.10. The number of hydrogen-bond donors (Lipinski definition) is 0. The van der Waals surface area contributed by atoms with Crippen molar-refractivity contribution < 1.29 is 32.9 Å². The fourth-order valence-corrected chi connectivity index (χ4v) is 4.68. The predicted octanol–water partition coefficient (Wildman–Crippen LogP) is 6.29. The molecule has 0 aromatic heterocycles. The van der Waals surface area contributed by atoms with Crippen LogP contribution in [0.4, 0.5) is 4.39 Å². The first-order valence-electron chi connectivity index (χ1n) is 13.7. The van der Waals surface area contributed by atoms with Crippen LogP contribution >= 0.6 is 0 Å². The molecule has 0 amide bonds. The smallest absolute Gasteiger partial charge is 0.338 e. The highest BCUT2D eigenvalue weighted by Crippen LogP contribution is 2.31. The van der Waals surface area contributed by atoms with Crippen molar-refractivity contribution in [3.05, 3.63) is 144 Å². The molecule has 0 unspecified atom stereocenters. The van der Waals surface area contributed by atoms with Crippen LogP contribution in [-0.2, 0) is 43.5 Å². The zero-order valence-corrected chi connectivity index (χ0v) is 22.6. The molecule has 0 spiro atoms. The molecule has 0 N–H and O–H groups in total. The normalized spacial score (nSPS) is 22.2. The van der Waals surface area contributed by atoms with Gasteiger partial charge in [0, 0.05) is 0 Å². The minimum atomic E-state index is -1.95. The van der Waals surface area contributed by atoms with Crippen molar-refractivity contribution in [3.63, 3.8) is 0 Å². The molecular formula is C34H33FO6. The number of hydrogen-bond acceptors (Lipinski definition) is 6. The van der Waals surface area contributed by atoms with E-state index < -0.39 is 36.7 Å². The molecule has 1 saturated heterocycles. The first kappa shape index (κ1) is 28.6. The lowest BCUT2D eigenvalue weighted by molar-refractivity contribution is -0.287. The average Bonchev–Trinajstić information content (AvgIpc) is 3.02. The quantitative estimate of drug-likeness (QED) is 0.191. The fourth-order valence-electron chi connectivity index (χ4n) is 4.68. The Balaban J connectivity index is 1.39. The summed E-state index contributed by atoms with van der Waals surface area (Å²) in [5.74, 6) is -0.671. The van der Waals surface area contributed by atoms with Crippen LogP contribution in [0.1, 0.15) is 27.0 Å². The predicted molar refractivity (Wildman–Crippen MR) is 152 cm³/mol. The summed E-state index contributed by atoms with van der Waals surface area (Å²) < 4.78 is 45.9. The molecule has 5 atom stereocenters. The number of halogens is 1. The van der Waals surface area contributed by atoms with E-state index in [1.165, 1.54) is 0 Å². The van der Waals surface area contributed by atoms with Crippen LogP contribution in [0, 0.1) is 0 Å². The van der Waals surface area contributed by atoms with Gasteiger partial charge in [-0.05, 0) is 28.8 Å². The first-order valence-corrected chi connectivity index (χ1v) is 13.7. The second kappa shape index (κ2) is 14.7. The maximum Gasteiger partial charge on any atom is 0.338 e. The van der Waals surface area contributed by atoms with Crippen LogP contribution in [-0.4, -0.2) is 43.3 Å². The van der Waals surface area contributed by atoms with Crippen LogP contribution in [0.25, 0.3) is 0 Å². The third-order valence-electron chi connectivity index (χ3n) is 6.79. The van der Waals surface area contributed by atoms with Crippen molar-refractivity contribution in [2.24, 2.45) is 0 Å². The van der Waals surface area contributed by atoms with Gasteiger partial charge in [-0.15, -0.1) is 0 Å². The molecule has 212 valence electrons. The molecule has 5 rings (SSSR count). The van der Waals surface area contributed by atoms with E-state index in [1.54, 1.807) is 30.3 Å². The van der Waals surface area contributed by atoms with E-state index in [2.05, 4.69) is 0 Å². The van der Waals surface area contributed by atoms with Crippen LogP contribution in [0.5, 0.6) is 0 Å². The molecule has 1 aliphatic heterocycles. The minimum Gasteiger partial charge on any atom is -0.450 e. The van der Waals surface area contributed by atoms with Crippen molar-refractivity contribution in [3.8, 4) is 0 Å². The molecule has 0 bridgehead atoms. The van der Waals surface area contributed by atoms with E-state index in [4.69, 9.17) is 23.7 Å². The highest BCUT2D eigenvalue weighted by Gasteiger charge is 2.50. The SMILES string of the molecule is O=C(O[C@H]1[C@@H](OCc2ccccc2)[C@H](OCc2ccccc2)[C@@H](COCc2ccccc2)O[C@@H]1F)c1ccccc1. The Labute approximate surface area is 239 Å². The number of ether oxygens (including phenoxy) is 5. The molecule has 1 fully saturated rings. The van der Waals surface area contributed by atoms with Gasteiger partial charge in [-0.25, -0.2) is 9.18 Å². The summed E-state index contributed by atoms with van der Waals surface area (Å²) in [4.78, 5) is 13.0. The lowest BCUT2D eigenvalue weighted by Gasteiger charge is -2.43. The largest absolute Gasteiger partial charge is 0.450 e. The minimum absolute atomic E-state index is 0.0549. The van der Waals surface area contributed by atoms with Gasteiger partial charge in [-0.2, -0.15) is 0 Å². The lowest BCUT2D eigenvalue weighted by atomic mass is 9.98. The van der Waals surface area contributed by atoms with Crippen molar-refractivity contribution >= 4 is 5.97 Å². The van der Waals surface area contributed by atoms with E-state index in [1.807, 2.05) is 91.0 Å². The molecule has 41 heavy (non-hydrogen) atoms. The van der Waals surface area contributed by atoms with Crippen LogP contribution in [0.15, 0.2) is 121 Å². The van der Waals surface area contributed by atoms with Crippen LogP contribution in [0.3, 0.4) is 0 Å². The van der Waals surface area contributed by atoms with Gasteiger partial charge in [0.15, 0.2) is 6.10 Å². The summed E-state index contributed by atoms with van der Waals surface area (Å²) in [5, 5.41) is 0. The second-order valence-electron chi connectivity index (χ2n) is 9.78. The van der Waals surface area contributed by atoms with Gasteiger partial charge < -0.3 is 23.7 Å². The number of esters is 1. The molecule has 1 heterocycles. The molecule has 4 aromatic rings. The van der Waals surface area contributed by atoms with Gasteiger partial charge in [0.1, 0.15) is 18.3 Å². The van der Waals surface area contributed by atoms with Crippen molar-refractivity contribution in [2.45, 2.75) is 50.6 Å². The van der Waals surface area contributed by atoms with E-state index >= 15 is 4.39 Å². The Morgan fingerprint density at radius 1 is 0.610 bits per heavy atom. The monoisotopic (exact) mass is 556 g/mol. The summed E-state index contributed by atoms with van der Waals surface area (Å²) >= 11 is 0. The molecule has 0 radical (unpaired) electrons. The topological polar surface area (TPSA) is 63.2 Å². The summed E-state index contributed by atoms with van der Waals surface area (Å²) in [6, 6.07) is 37.3. The number of carbonyl (C=O) groups is 1. The summed E-state index contributed by atoms with van der Waals surface area (Å²) in [7, 11) is 0. The maximum atomic E-state index is 15.7. The van der Waals surface area contributed by atoms with E-state index in [0.717, 1.165) is 16.7 Å². The Hall–Kier alpha value is -3.88. The molecule has 6 nitrogen and oxygen atoms in total. The third-order valence-corrected chi connectivity index (χ3v) is 6.79. The van der Waals surface area contributed by atoms with E-state index in [0.29, 0.717) is 12.2 Å². The van der Waals surface area contributed by atoms with Crippen molar-refractivity contribution in [1.29, 1.82) is 0 Å². The zero-order chi connectivity index (χ0) is 28.3. The summed E-state index contributed by atoms with van der Waals surface area (Å²) in [6.07, 6.45) is -5.90. The molecule has 0 saturated carbocycles. The van der Waals surface area contributed by atoms with Gasteiger partial charge in [-0.1, -0.05) is 109 Å². The Kier molecular flexibility index (Phi) is 10.2. The lowest BCUT2D eigenvalue weighted by Crippen LogP contribution is -2.60. The highest BCUT2D eigenvalue weighted by molar-refractivity contribution is 5.89. The molecular weight excluding hydrogens is 523 g/mol. The number of rotatable bonds is 12. The molecule has 0 aliphatic carbocycles. The van der Waals surface area contributed by atoms with E-state index in [9.17, 15) is 4.79 Å². The molecule has 7 heteroatoms. The van der Waals surface area contributed by atoms with Crippen LogP contribution in [0.2, 0.25) is 0 Å². The van der Waals surface area contributed by atoms with Crippen LogP contribution < -0.4 is 0 Å². The van der Waals surface area contributed by atoms with E-state index in [-0.39, 0.29) is 19.8 Å².